The molecule has 1 heterocycles. The van der Waals surface area contributed by atoms with Crippen LogP contribution in [0, 0.1) is 6.92 Å². The van der Waals surface area contributed by atoms with Gasteiger partial charge in [0.15, 0.2) is 5.60 Å². The zero-order chi connectivity index (χ0) is 22.1. The lowest BCUT2D eigenvalue weighted by Crippen LogP contribution is -2.54. The lowest BCUT2D eigenvalue weighted by molar-refractivity contribution is -0.133. The van der Waals surface area contributed by atoms with E-state index in [1.54, 1.807) is 58.0 Å². The summed E-state index contributed by atoms with van der Waals surface area (Å²) >= 11 is 0. The monoisotopic (exact) mass is 410 g/mol. The molecule has 1 aliphatic rings. The smallest absolute Gasteiger partial charge is 0.338 e. The Morgan fingerprint density at radius 2 is 1.80 bits per heavy atom. The van der Waals surface area contributed by atoms with Gasteiger partial charge in [-0.3, -0.25) is 14.5 Å². The van der Waals surface area contributed by atoms with Gasteiger partial charge in [-0.15, -0.1) is 0 Å². The molecule has 1 N–H and O–H groups in total. The minimum atomic E-state index is -1.07. The van der Waals surface area contributed by atoms with Gasteiger partial charge in [0.05, 0.1) is 17.4 Å². The Hall–Kier alpha value is -3.35. The van der Waals surface area contributed by atoms with Gasteiger partial charge < -0.3 is 14.8 Å². The van der Waals surface area contributed by atoms with Crippen molar-refractivity contribution in [3.05, 3.63) is 53.6 Å². The van der Waals surface area contributed by atoms with Crippen LogP contribution in [0.15, 0.2) is 42.5 Å². The second-order valence-electron chi connectivity index (χ2n) is 8.05. The number of anilines is 2. The molecule has 2 amide bonds. The Kier molecular flexibility index (Phi) is 5.82. The topological polar surface area (TPSA) is 84.9 Å². The fourth-order valence-corrected chi connectivity index (χ4v) is 3.15. The second-order valence-corrected chi connectivity index (χ2v) is 8.05. The van der Waals surface area contributed by atoms with E-state index in [1.807, 2.05) is 19.1 Å². The molecule has 0 saturated heterocycles. The van der Waals surface area contributed by atoms with Crippen LogP contribution < -0.4 is 15.0 Å². The van der Waals surface area contributed by atoms with Crippen molar-refractivity contribution in [3.8, 4) is 5.75 Å². The van der Waals surface area contributed by atoms with Crippen LogP contribution in [0.25, 0.3) is 0 Å². The van der Waals surface area contributed by atoms with Crippen molar-refractivity contribution >= 4 is 29.2 Å². The van der Waals surface area contributed by atoms with Crippen LogP contribution >= 0.6 is 0 Å². The number of hydrogen-bond acceptors (Lipinski definition) is 5. The summed E-state index contributed by atoms with van der Waals surface area (Å²) in [6.07, 6.45) is -0.210. The highest BCUT2D eigenvalue weighted by Gasteiger charge is 2.41. The number of aryl methyl sites for hydroxylation is 1. The Bertz CT molecular complexity index is 980. The molecule has 0 saturated carbocycles. The molecule has 3 rings (SSSR count). The van der Waals surface area contributed by atoms with E-state index in [4.69, 9.17) is 9.47 Å². The number of benzene rings is 2. The maximum Gasteiger partial charge on any atom is 0.338 e. The normalized spacial score (nSPS) is 14.7. The number of esters is 1. The van der Waals surface area contributed by atoms with E-state index in [-0.39, 0.29) is 24.5 Å². The van der Waals surface area contributed by atoms with Crippen molar-refractivity contribution in [2.75, 3.05) is 16.8 Å². The number of amides is 2. The summed E-state index contributed by atoms with van der Waals surface area (Å²) in [6, 6.07) is 11.9. The molecule has 7 heteroatoms. The van der Waals surface area contributed by atoms with Crippen LogP contribution in [-0.4, -0.2) is 36.0 Å². The first-order valence-corrected chi connectivity index (χ1v) is 9.79. The lowest BCUT2D eigenvalue weighted by atomic mass is 10.0. The third-order valence-corrected chi connectivity index (χ3v) is 4.58. The molecular weight excluding hydrogens is 384 g/mol. The molecule has 158 valence electrons. The van der Waals surface area contributed by atoms with E-state index in [2.05, 4.69) is 5.32 Å². The summed E-state index contributed by atoms with van der Waals surface area (Å²) in [5.41, 5.74) is 1.38. The van der Waals surface area contributed by atoms with Crippen LogP contribution in [0.1, 0.15) is 43.6 Å². The van der Waals surface area contributed by atoms with Gasteiger partial charge in [-0.25, -0.2) is 4.79 Å². The maximum absolute atomic E-state index is 12.9. The van der Waals surface area contributed by atoms with Gasteiger partial charge in [0.2, 0.25) is 5.91 Å². The Labute approximate surface area is 176 Å². The molecule has 2 aromatic carbocycles. The predicted octanol–water partition coefficient (Wildman–Crippen LogP) is 3.70. The Morgan fingerprint density at radius 1 is 1.13 bits per heavy atom. The molecule has 2 aromatic rings. The molecule has 0 fully saturated rings. The zero-order valence-corrected chi connectivity index (χ0v) is 17.8. The van der Waals surface area contributed by atoms with Gasteiger partial charge in [-0.1, -0.05) is 6.07 Å². The van der Waals surface area contributed by atoms with Gasteiger partial charge in [-0.05, 0) is 76.6 Å². The second kappa shape index (κ2) is 8.18. The van der Waals surface area contributed by atoms with E-state index in [0.717, 1.165) is 5.56 Å². The number of hydrogen-bond donors (Lipinski definition) is 1. The minimum Gasteiger partial charge on any atom is -0.476 e. The first-order valence-electron chi connectivity index (χ1n) is 9.79. The summed E-state index contributed by atoms with van der Waals surface area (Å²) in [7, 11) is 0. The molecule has 7 nitrogen and oxygen atoms in total. The molecule has 0 radical (unpaired) electrons. The number of ether oxygens (including phenoxy) is 2. The number of carbonyl (C=O) groups excluding carboxylic acids is 3. The fourth-order valence-electron chi connectivity index (χ4n) is 3.15. The van der Waals surface area contributed by atoms with Crippen molar-refractivity contribution in [3.63, 3.8) is 0 Å². The molecule has 0 spiro atoms. The van der Waals surface area contributed by atoms with Crippen molar-refractivity contribution in [1.82, 2.24) is 0 Å². The molecule has 0 aromatic heterocycles. The highest BCUT2D eigenvalue weighted by atomic mass is 16.5. The molecular formula is C23H26N2O5. The van der Waals surface area contributed by atoms with Crippen LogP contribution in [-0.2, 0) is 14.3 Å². The number of fused-ring (bicyclic) bond motifs is 1. The number of rotatable bonds is 5. The van der Waals surface area contributed by atoms with Crippen molar-refractivity contribution in [2.45, 2.75) is 46.3 Å². The lowest BCUT2D eigenvalue weighted by Gasteiger charge is -2.38. The summed E-state index contributed by atoms with van der Waals surface area (Å²) in [6.45, 7) is 8.67. The van der Waals surface area contributed by atoms with Crippen molar-refractivity contribution < 1.29 is 23.9 Å². The molecule has 0 bridgehead atoms. The average molecular weight is 410 g/mol. The van der Waals surface area contributed by atoms with E-state index in [1.165, 1.54) is 4.90 Å². The van der Waals surface area contributed by atoms with Crippen LogP contribution in [0.4, 0.5) is 11.4 Å². The largest absolute Gasteiger partial charge is 0.476 e. The van der Waals surface area contributed by atoms with Crippen LogP contribution in [0.2, 0.25) is 0 Å². The molecule has 0 aliphatic carbocycles. The van der Waals surface area contributed by atoms with Gasteiger partial charge >= 0.3 is 5.97 Å². The molecule has 0 atom stereocenters. The SMILES string of the molecule is Cc1ccc2c(c1)N(CC(=O)Nc1ccc(C(=O)OC(C)C)cc1)C(=O)C(C)(C)O2. The van der Waals surface area contributed by atoms with Gasteiger partial charge in [0.25, 0.3) is 5.91 Å². The summed E-state index contributed by atoms with van der Waals surface area (Å²) in [5, 5.41) is 2.76. The van der Waals surface area contributed by atoms with Gasteiger partial charge in [0, 0.05) is 5.69 Å². The minimum absolute atomic E-state index is 0.154. The summed E-state index contributed by atoms with van der Waals surface area (Å²) in [4.78, 5) is 38.9. The number of carbonyl (C=O) groups is 3. The van der Waals surface area contributed by atoms with E-state index in [9.17, 15) is 14.4 Å². The zero-order valence-electron chi connectivity index (χ0n) is 17.8. The fraction of sp³-hybridized carbons (Fsp3) is 0.348. The quantitative estimate of drug-likeness (QED) is 0.760. The van der Waals surface area contributed by atoms with Crippen LogP contribution in [0.5, 0.6) is 5.75 Å². The van der Waals surface area contributed by atoms with E-state index >= 15 is 0 Å². The number of nitrogens with one attached hydrogen (secondary N) is 1. The van der Waals surface area contributed by atoms with Crippen molar-refractivity contribution in [2.24, 2.45) is 0 Å². The molecule has 0 unspecified atom stereocenters. The molecule has 1 aliphatic heterocycles. The summed E-state index contributed by atoms with van der Waals surface area (Å²) < 4.78 is 11.0. The highest BCUT2D eigenvalue weighted by molar-refractivity contribution is 6.07. The predicted molar refractivity (Wildman–Crippen MR) is 114 cm³/mol. The van der Waals surface area contributed by atoms with Crippen LogP contribution in [0.3, 0.4) is 0 Å². The van der Waals surface area contributed by atoms with Gasteiger partial charge in [0.1, 0.15) is 12.3 Å². The Morgan fingerprint density at radius 3 is 2.43 bits per heavy atom. The van der Waals surface area contributed by atoms with E-state index in [0.29, 0.717) is 22.7 Å². The van der Waals surface area contributed by atoms with Crippen molar-refractivity contribution in [1.29, 1.82) is 0 Å². The van der Waals surface area contributed by atoms with E-state index < -0.39 is 11.6 Å². The maximum atomic E-state index is 12.9. The summed E-state index contributed by atoms with van der Waals surface area (Å²) in [5.74, 6) is -0.504. The highest BCUT2D eigenvalue weighted by Crippen LogP contribution is 2.38. The first kappa shape index (κ1) is 21.4. The number of nitrogens with zero attached hydrogens (tertiary/aromatic N) is 1. The third kappa shape index (κ3) is 4.62. The third-order valence-electron chi connectivity index (χ3n) is 4.58. The first-order chi connectivity index (χ1) is 14.1. The average Bonchev–Trinajstić information content (AvgIpc) is 2.66. The molecule has 30 heavy (non-hydrogen) atoms. The van der Waals surface area contributed by atoms with Gasteiger partial charge in [-0.2, -0.15) is 0 Å². The standard InChI is InChI=1S/C23H26N2O5/c1-14(2)29-21(27)16-7-9-17(10-8-16)24-20(26)13-25-18-12-15(3)6-11-19(18)30-23(4,5)22(25)28/h6-12,14H,13H2,1-5H3,(H,24,26). The Balaban J connectivity index is 1.73.